The molecule has 3 aliphatic rings. The first-order valence-corrected chi connectivity index (χ1v) is 9.67. The number of halogens is 3. The maximum Gasteiger partial charge on any atom is 0.226 e. The Morgan fingerprint density at radius 1 is 1.23 bits per heavy atom. The van der Waals surface area contributed by atoms with E-state index in [0.29, 0.717) is 17.2 Å². The zero-order valence-corrected chi connectivity index (χ0v) is 18.4. The molecular formula is C17H29Cl3N4OS. The van der Waals surface area contributed by atoms with Crippen LogP contribution in [0, 0.1) is 18.3 Å². The number of carbonyl (C=O) groups excluding carboxylic acids is 1. The second kappa shape index (κ2) is 9.89. The second-order valence-electron chi connectivity index (χ2n) is 7.33. The van der Waals surface area contributed by atoms with E-state index >= 15 is 0 Å². The Morgan fingerprint density at radius 2 is 1.88 bits per heavy atom. The molecule has 0 aromatic carbocycles. The molecule has 4 rings (SSSR count). The second-order valence-corrected chi connectivity index (χ2v) is 8.39. The van der Waals surface area contributed by atoms with Crippen molar-refractivity contribution in [3.63, 3.8) is 0 Å². The van der Waals surface area contributed by atoms with Crippen LogP contribution in [0.25, 0.3) is 0 Å². The van der Waals surface area contributed by atoms with Crippen LogP contribution in [0.2, 0.25) is 0 Å². The quantitative estimate of drug-likeness (QED) is 0.780. The molecule has 9 heteroatoms. The van der Waals surface area contributed by atoms with Gasteiger partial charge in [0.05, 0.1) is 10.7 Å². The van der Waals surface area contributed by atoms with Crippen LogP contribution in [0.15, 0.2) is 5.38 Å². The van der Waals surface area contributed by atoms with Gasteiger partial charge in [0.2, 0.25) is 5.91 Å². The fraction of sp³-hybridized carbons (Fsp3) is 0.765. The van der Waals surface area contributed by atoms with E-state index in [1.54, 1.807) is 11.3 Å². The number of aryl methyl sites for hydroxylation is 1. The van der Waals surface area contributed by atoms with E-state index in [1.165, 1.54) is 18.5 Å². The van der Waals surface area contributed by atoms with Crippen LogP contribution >= 0.6 is 48.6 Å². The van der Waals surface area contributed by atoms with Gasteiger partial charge in [-0.15, -0.1) is 48.6 Å². The van der Waals surface area contributed by atoms with Gasteiger partial charge in [-0.25, -0.2) is 4.98 Å². The molecule has 3 heterocycles. The summed E-state index contributed by atoms with van der Waals surface area (Å²) in [5.74, 6) is 0.744. The Bertz CT molecular complexity index is 586. The van der Waals surface area contributed by atoms with Gasteiger partial charge in [-0.05, 0) is 44.7 Å². The Kier molecular flexibility index (Phi) is 9.11. The van der Waals surface area contributed by atoms with E-state index < -0.39 is 0 Å². The van der Waals surface area contributed by atoms with Crippen LogP contribution in [0.5, 0.6) is 0 Å². The first-order chi connectivity index (χ1) is 11.2. The van der Waals surface area contributed by atoms with Gasteiger partial charge in [0.15, 0.2) is 0 Å². The molecule has 3 fully saturated rings. The molecular weight excluding hydrogens is 415 g/mol. The molecule has 1 aliphatic carbocycles. The fourth-order valence-electron chi connectivity index (χ4n) is 4.23. The van der Waals surface area contributed by atoms with Crippen LogP contribution in [-0.2, 0) is 11.3 Å². The summed E-state index contributed by atoms with van der Waals surface area (Å²) in [5.41, 5.74) is 1.53. The maximum absolute atomic E-state index is 12.8. The molecule has 1 atom stereocenters. The molecule has 150 valence electrons. The zero-order valence-electron chi connectivity index (χ0n) is 15.1. The summed E-state index contributed by atoms with van der Waals surface area (Å²) in [4.78, 5) is 21.9. The molecule has 1 spiro atoms. The smallest absolute Gasteiger partial charge is 0.226 e. The predicted octanol–water partition coefficient (Wildman–Crippen LogP) is 2.75. The number of hydrogen-bond donors (Lipinski definition) is 1. The fourth-order valence-corrected chi connectivity index (χ4v) is 4.83. The third-order valence-corrected chi connectivity index (χ3v) is 6.65. The molecule has 1 aromatic rings. The van der Waals surface area contributed by atoms with Crippen molar-refractivity contribution >= 4 is 54.5 Å². The number of piperidine rings is 1. The number of hydrogen-bond acceptors (Lipinski definition) is 5. The highest BCUT2D eigenvalue weighted by Crippen LogP contribution is 2.59. The molecule has 26 heavy (non-hydrogen) atoms. The summed E-state index contributed by atoms with van der Waals surface area (Å²) < 4.78 is 0. The largest absolute Gasteiger partial charge is 0.340 e. The standard InChI is InChI=1S/C17H26N4OS.3ClH/c1-13-19-14(12-23-13)11-20-6-8-21(9-7-20)16(22)15-10-17(15)2-4-18-5-3-17;;;/h12,15,18H,2-11H2,1H3;3*1H. The number of rotatable bonds is 3. The summed E-state index contributed by atoms with van der Waals surface area (Å²) in [6.07, 6.45) is 3.50. The molecule has 1 unspecified atom stereocenters. The number of piperazine rings is 1. The zero-order chi connectivity index (χ0) is 15.9. The minimum Gasteiger partial charge on any atom is -0.340 e. The van der Waals surface area contributed by atoms with E-state index in [9.17, 15) is 4.79 Å². The van der Waals surface area contributed by atoms with Gasteiger partial charge >= 0.3 is 0 Å². The lowest BCUT2D eigenvalue weighted by atomic mass is 9.91. The van der Waals surface area contributed by atoms with Crippen LogP contribution in [0.1, 0.15) is 30.0 Å². The lowest BCUT2D eigenvalue weighted by Crippen LogP contribution is -2.49. The van der Waals surface area contributed by atoms with E-state index in [0.717, 1.165) is 57.2 Å². The minimum atomic E-state index is 0. The van der Waals surface area contributed by atoms with Gasteiger partial charge in [-0.2, -0.15) is 0 Å². The van der Waals surface area contributed by atoms with E-state index in [-0.39, 0.29) is 37.2 Å². The van der Waals surface area contributed by atoms with Crippen LogP contribution < -0.4 is 5.32 Å². The van der Waals surface area contributed by atoms with Crippen molar-refractivity contribution in [2.45, 2.75) is 32.7 Å². The van der Waals surface area contributed by atoms with Crippen molar-refractivity contribution < 1.29 is 4.79 Å². The third-order valence-electron chi connectivity index (χ3n) is 5.82. The van der Waals surface area contributed by atoms with Gasteiger partial charge in [0.25, 0.3) is 0 Å². The van der Waals surface area contributed by atoms with E-state index in [1.807, 2.05) is 0 Å². The van der Waals surface area contributed by atoms with Crippen molar-refractivity contribution in [3.05, 3.63) is 16.1 Å². The molecule has 2 saturated heterocycles. The summed E-state index contributed by atoms with van der Waals surface area (Å²) in [6, 6.07) is 0. The predicted molar refractivity (Wildman–Crippen MR) is 113 cm³/mol. The van der Waals surface area contributed by atoms with E-state index in [2.05, 4.69) is 32.4 Å². The normalized spacial score (nSPS) is 24.2. The van der Waals surface area contributed by atoms with Crippen LogP contribution in [0.3, 0.4) is 0 Å². The number of aromatic nitrogens is 1. The van der Waals surface area contributed by atoms with E-state index in [4.69, 9.17) is 0 Å². The minimum absolute atomic E-state index is 0. The Labute approximate surface area is 178 Å². The van der Waals surface area contributed by atoms with Gasteiger partial charge in [0.1, 0.15) is 0 Å². The molecule has 0 radical (unpaired) electrons. The number of nitrogens with zero attached hydrogens (tertiary/aromatic N) is 3. The first-order valence-electron chi connectivity index (χ1n) is 8.79. The molecule has 5 nitrogen and oxygen atoms in total. The van der Waals surface area contributed by atoms with Crippen molar-refractivity contribution in [2.24, 2.45) is 11.3 Å². The Hall–Kier alpha value is -0.110. The van der Waals surface area contributed by atoms with Crippen LogP contribution in [0.4, 0.5) is 0 Å². The highest BCUT2D eigenvalue weighted by molar-refractivity contribution is 7.09. The molecule has 1 aromatic heterocycles. The van der Waals surface area contributed by atoms with Crippen molar-refractivity contribution in [1.82, 2.24) is 20.1 Å². The number of thiazole rings is 1. The van der Waals surface area contributed by atoms with Crippen LogP contribution in [-0.4, -0.2) is 60.0 Å². The van der Waals surface area contributed by atoms with Crippen molar-refractivity contribution in [1.29, 1.82) is 0 Å². The highest BCUT2D eigenvalue weighted by atomic mass is 35.5. The maximum atomic E-state index is 12.8. The third kappa shape index (κ3) is 5.03. The molecule has 1 amide bonds. The van der Waals surface area contributed by atoms with Gasteiger partial charge in [-0.1, -0.05) is 0 Å². The lowest BCUT2D eigenvalue weighted by Gasteiger charge is -2.35. The summed E-state index contributed by atoms with van der Waals surface area (Å²) >= 11 is 1.72. The molecule has 0 bridgehead atoms. The number of nitrogens with one attached hydrogen (secondary N) is 1. The van der Waals surface area contributed by atoms with Gasteiger partial charge in [0, 0.05) is 44.0 Å². The van der Waals surface area contributed by atoms with Crippen molar-refractivity contribution in [3.8, 4) is 0 Å². The molecule has 1 saturated carbocycles. The summed E-state index contributed by atoms with van der Waals surface area (Å²) in [5, 5.41) is 6.70. The molecule has 2 aliphatic heterocycles. The Morgan fingerprint density at radius 3 is 2.46 bits per heavy atom. The molecule has 1 N–H and O–H groups in total. The highest BCUT2D eigenvalue weighted by Gasteiger charge is 2.58. The summed E-state index contributed by atoms with van der Waals surface area (Å²) in [6.45, 7) is 8.87. The topological polar surface area (TPSA) is 48.5 Å². The first kappa shape index (κ1) is 23.9. The number of carbonyl (C=O) groups is 1. The average Bonchev–Trinajstić information content (AvgIpc) is 3.09. The Balaban J connectivity index is 0.00000113. The number of amides is 1. The SMILES string of the molecule is Cc1nc(CN2CCN(C(=O)C3CC34CCNCC4)CC2)cs1.Cl.Cl.Cl. The lowest BCUT2D eigenvalue weighted by molar-refractivity contribution is -0.135. The van der Waals surface area contributed by atoms with Gasteiger partial charge in [-0.3, -0.25) is 9.69 Å². The van der Waals surface area contributed by atoms with Crippen molar-refractivity contribution in [2.75, 3.05) is 39.3 Å². The average molecular weight is 444 g/mol. The van der Waals surface area contributed by atoms with Gasteiger partial charge < -0.3 is 10.2 Å². The monoisotopic (exact) mass is 442 g/mol. The summed E-state index contributed by atoms with van der Waals surface area (Å²) in [7, 11) is 0.